The van der Waals surface area contributed by atoms with Crippen molar-refractivity contribution in [1.29, 1.82) is 0 Å². The lowest BCUT2D eigenvalue weighted by molar-refractivity contribution is 0.0510. The Balaban J connectivity index is 2.79. The molecule has 0 fully saturated rings. The molecule has 0 aliphatic rings. The van der Waals surface area contributed by atoms with Gasteiger partial charge in [-0.15, -0.1) is 0 Å². The maximum atomic E-state index is 5.52. The van der Waals surface area contributed by atoms with Crippen molar-refractivity contribution >= 4 is 0 Å². The fourth-order valence-electron chi connectivity index (χ4n) is 2.63. The van der Waals surface area contributed by atoms with Gasteiger partial charge in [-0.25, -0.2) is 0 Å². The maximum absolute atomic E-state index is 5.52. The minimum absolute atomic E-state index is 0.299. The summed E-state index contributed by atoms with van der Waals surface area (Å²) >= 11 is 0. The molecular formula is C16H27NO2. The van der Waals surface area contributed by atoms with Crippen LogP contribution in [-0.2, 0) is 4.74 Å². The normalized spacial score (nSPS) is 14.4. The van der Waals surface area contributed by atoms with E-state index in [1.807, 2.05) is 6.07 Å². The Morgan fingerprint density at radius 2 is 2.00 bits per heavy atom. The Bertz CT molecular complexity index is 366. The van der Waals surface area contributed by atoms with Crippen LogP contribution in [0.15, 0.2) is 24.3 Å². The summed E-state index contributed by atoms with van der Waals surface area (Å²) in [6, 6.07) is 8.37. The van der Waals surface area contributed by atoms with Crippen LogP contribution in [-0.4, -0.2) is 39.4 Å². The Labute approximate surface area is 117 Å². The van der Waals surface area contributed by atoms with Crippen molar-refractivity contribution < 1.29 is 9.47 Å². The van der Waals surface area contributed by atoms with Crippen molar-refractivity contribution in [3.05, 3.63) is 29.8 Å². The molecule has 3 heteroatoms. The van der Waals surface area contributed by atoms with Gasteiger partial charge < -0.3 is 14.4 Å². The van der Waals surface area contributed by atoms with E-state index in [1.165, 1.54) is 5.56 Å². The fraction of sp³-hybridized carbons (Fsp3) is 0.625. The van der Waals surface area contributed by atoms with Crippen LogP contribution in [0.1, 0.15) is 31.7 Å². The van der Waals surface area contributed by atoms with E-state index in [4.69, 9.17) is 9.47 Å². The number of benzene rings is 1. The average molecular weight is 265 g/mol. The standard InChI is InChI=1S/C16H27NO2/c1-6-16(13(2)11-17(3)4)14-8-7-9-15(10-14)19-12-18-5/h7-10,13,16H,6,11-12H2,1-5H3/t13-,16-/m0/s1. The molecule has 1 aromatic rings. The van der Waals surface area contributed by atoms with E-state index >= 15 is 0 Å². The Kier molecular flexibility index (Phi) is 6.89. The SMILES string of the molecule is CC[C@H](c1cccc(OCOC)c1)[C@@H](C)CN(C)C. The van der Waals surface area contributed by atoms with Gasteiger partial charge in [-0.2, -0.15) is 0 Å². The van der Waals surface area contributed by atoms with E-state index in [2.05, 4.69) is 51.0 Å². The second-order valence-corrected chi connectivity index (χ2v) is 5.38. The monoisotopic (exact) mass is 265 g/mol. The lowest BCUT2D eigenvalue weighted by Crippen LogP contribution is -2.24. The van der Waals surface area contributed by atoms with Crippen LogP contribution in [0.4, 0.5) is 0 Å². The highest BCUT2D eigenvalue weighted by Gasteiger charge is 2.18. The second-order valence-electron chi connectivity index (χ2n) is 5.38. The van der Waals surface area contributed by atoms with Gasteiger partial charge >= 0.3 is 0 Å². The van der Waals surface area contributed by atoms with Crippen LogP contribution in [0.5, 0.6) is 5.75 Å². The number of nitrogens with zero attached hydrogens (tertiary/aromatic N) is 1. The molecule has 0 aliphatic heterocycles. The number of hydrogen-bond acceptors (Lipinski definition) is 3. The van der Waals surface area contributed by atoms with E-state index in [9.17, 15) is 0 Å². The lowest BCUT2D eigenvalue weighted by Gasteiger charge is -2.26. The van der Waals surface area contributed by atoms with Crippen LogP contribution < -0.4 is 4.74 Å². The van der Waals surface area contributed by atoms with Crippen LogP contribution >= 0.6 is 0 Å². The first-order valence-electron chi connectivity index (χ1n) is 6.94. The smallest absolute Gasteiger partial charge is 0.188 e. The van der Waals surface area contributed by atoms with Gasteiger partial charge in [-0.05, 0) is 50.0 Å². The summed E-state index contributed by atoms with van der Waals surface area (Å²) in [5.41, 5.74) is 1.35. The largest absolute Gasteiger partial charge is 0.468 e. The summed E-state index contributed by atoms with van der Waals surface area (Å²) in [4.78, 5) is 2.25. The molecule has 0 N–H and O–H groups in total. The molecule has 0 aromatic heterocycles. The number of hydrogen-bond donors (Lipinski definition) is 0. The van der Waals surface area contributed by atoms with Crippen LogP contribution in [0, 0.1) is 5.92 Å². The molecule has 0 unspecified atom stereocenters. The number of rotatable bonds is 8. The van der Waals surface area contributed by atoms with Gasteiger partial charge in [-0.3, -0.25) is 0 Å². The molecule has 0 bridgehead atoms. The Morgan fingerprint density at radius 3 is 2.58 bits per heavy atom. The van der Waals surface area contributed by atoms with E-state index in [1.54, 1.807) is 7.11 Å². The molecular weight excluding hydrogens is 238 g/mol. The first kappa shape index (κ1) is 16.0. The zero-order valence-electron chi connectivity index (χ0n) is 12.8. The lowest BCUT2D eigenvalue weighted by atomic mass is 9.85. The zero-order chi connectivity index (χ0) is 14.3. The molecule has 3 nitrogen and oxygen atoms in total. The third kappa shape index (κ3) is 5.21. The van der Waals surface area contributed by atoms with Gasteiger partial charge in [0, 0.05) is 13.7 Å². The molecule has 0 saturated heterocycles. The zero-order valence-corrected chi connectivity index (χ0v) is 12.8. The summed E-state index contributed by atoms with van der Waals surface area (Å²) in [6.07, 6.45) is 1.14. The highest BCUT2D eigenvalue weighted by molar-refractivity contribution is 5.31. The van der Waals surface area contributed by atoms with Gasteiger partial charge in [0.2, 0.25) is 0 Å². The summed E-state index contributed by atoms with van der Waals surface area (Å²) < 4.78 is 10.5. The van der Waals surface area contributed by atoms with E-state index in [0.717, 1.165) is 18.7 Å². The highest BCUT2D eigenvalue weighted by atomic mass is 16.7. The maximum Gasteiger partial charge on any atom is 0.188 e. The number of ether oxygens (including phenoxy) is 2. The quantitative estimate of drug-likeness (QED) is 0.673. The second kappa shape index (κ2) is 8.18. The van der Waals surface area contributed by atoms with E-state index < -0.39 is 0 Å². The van der Waals surface area contributed by atoms with Gasteiger partial charge in [0.1, 0.15) is 5.75 Å². The average Bonchev–Trinajstić information content (AvgIpc) is 2.37. The molecule has 0 saturated carbocycles. The summed E-state index contributed by atoms with van der Waals surface area (Å²) in [5, 5.41) is 0. The summed E-state index contributed by atoms with van der Waals surface area (Å²) in [5.74, 6) is 2.07. The first-order valence-corrected chi connectivity index (χ1v) is 6.94. The van der Waals surface area contributed by atoms with Crippen molar-refractivity contribution in [3.8, 4) is 5.75 Å². The molecule has 0 spiro atoms. The predicted octanol–water partition coefficient (Wildman–Crippen LogP) is 3.36. The van der Waals surface area contributed by atoms with E-state index in [-0.39, 0.29) is 0 Å². The van der Waals surface area contributed by atoms with Crippen LogP contribution in [0.3, 0.4) is 0 Å². The molecule has 0 heterocycles. The molecule has 0 aliphatic carbocycles. The van der Waals surface area contributed by atoms with Crippen molar-refractivity contribution in [2.24, 2.45) is 5.92 Å². The fourth-order valence-corrected chi connectivity index (χ4v) is 2.63. The van der Waals surface area contributed by atoms with Crippen molar-refractivity contribution in [2.45, 2.75) is 26.2 Å². The summed E-state index contributed by atoms with van der Waals surface area (Å²) in [7, 11) is 5.89. The Hall–Kier alpha value is -1.06. The molecule has 108 valence electrons. The molecule has 0 amide bonds. The van der Waals surface area contributed by atoms with Crippen molar-refractivity contribution in [1.82, 2.24) is 4.90 Å². The van der Waals surface area contributed by atoms with Gasteiger partial charge in [-0.1, -0.05) is 26.0 Å². The van der Waals surface area contributed by atoms with Crippen LogP contribution in [0.25, 0.3) is 0 Å². The van der Waals surface area contributed by atoms with Crippen molar-refractivity contribution in [3.63, 3.8) is 0 Å². The van der Waals surface area contributed by atoms with E-state index in [0.29, 0.717) is 18.6 Å². The minimum atomic E-state index is 0.299. The van der Waals surface area contributed by atoms with Gasteiger partial charge in [0.15, 0.2) is 6.79 Å². The topological polar surface area (TPSA) is 21.7 Å². The van der Waals surface area contributed by atoms with Gasteiger partial charge in [0.25, 0.3) is 0 Å². The highest BCUT2D eigenvalue weighted by Crippen LogP contribution is 2.30. The van der Waals surface area contributed by atoms with Gasteiger partial charge in [0.05, 0.1) is 0 Å². The minimum Gasteiger partial charge on any atom is -0.468 e. The summed E-state index contributed by atoms with van der Waals surface area (Å²) in [6.45, 7) is 5.96. The third-order valence-electron chi connectivity index (χ3n) is 3.41. The molecule has 2 atom stereocenters. The molecule has 1 rings (SSSR count). The predicted molar refractivity (Wildman–Crippen MR) is 79.7 cm³/mol. The molecule has 1 aromatic carbocycles. The molecule has 0 radical (unpaired) electrons. The Morgan fingerprint density at radius 1 is 1.26 bits per heavy atom. The number of methoxy groups -OCH3 is 1. The van der Waals surface area contributed by atoms with Crippen LogP contribution in [0.2, 0.25) is 0 Å². The first-order chi connectivity index (χ1) is 9.08. The third-order valence-corrected chi connectivity index (χ3v) is 3.41. The molecule has 19 heavy (non-hydrogen) atoms. The van der Waals surface area contributed by atoms with Crippen molar-refractivity contribution in [2.75, 3.05) is 34.5 Å².